The number of carbonyl (C=O) groups excluding carboxylic acids is 1. The van der Waals surface area contributed by atoms with E-state index in [0.717, 1.165) is 16.9 Å². The van der Waals surface area contributed by atoms with Crippen molar-refractivity contribution >= 4 is 17.5 Å². The zero-order valence-corrected chi connectivity index (χ0v) is 11.8. The Morgan fingerprint density at radius 3 is 2.65 bits per heavy atom. The minimum Gasteiger partial charge on any atom is -0.485 e. The quantitative estimate of drug-likeness (QED) is 0.512. The average molecular weight is 296 g/mol. The molecule has 0 aliphatic carbocycles. The fraction of sp³-hybridized carbons (Fsp3) is 0.231. The largest absolute Gasteiger partial charge is 0.485 e. The molecule has 0 aliphatic rings. The van der Waals surface area contributed by atoms with E-state index >= 15 is 0 Å². The van der Waals surface area contributed by atoms with Gasteiger partial charge in [0.25, 0.3) is 5.91 Å². The molecule has 0 unspecified atom stereocenters. The minimum absolute atomic E-state index is 0.107. The van der Waals surface area contributed by atoms with Gasteiger partial charge in [-0.05, 0) is 37.1 Å². The second-order valence-corrected chi connectivity index (χ2v) is 4.75. The number of hydrogen-bond donors (Lipinski definition) is 2. The van der Waals surface area contributed by atoms with Crippen molar-refractivity contribution in [1.82, 2.24) is 10.6 Å². The third-order valence-electron chi connectivity index (χ3n) is 2.71. The Morgan fingerprint density at radius 2 is 2.05 bits per heavy atom. The predicted molar refractivity (Wildman–Crippen MR) is 73.4 cm³/mol. The SMILES string of the molecule is Cc1cc(Cl)cc(C)c1OCc1cc(C(=O)NN)no1. The van der Waals surface area contributed by atoms with Crippen molar-refractivity contribution < 1.29 is 14.1 Å². The monoisotopic (exact) mass is 295 g/mol. The number of nitrogen functional groups attached to an aromatic ring is 1. The summed E-state index contributed by atoms with van der Waals surface area (Å²) in [7, 11) is 0. The number of aromatic nitrogens is 1. The Balaban J connectivity index is 2.09. The van der Waals surface area contributed by atoms with Crippen LogP contribution in [0.2, 0.25) is 5.02 Å². The van der Waals surface area contributed by atoms with Gasteiger partial charge < -0.3 is 9.26 Å². The highest BCUT2D eigenvalue weighted by Gasteiger charge is 2.12. The molecule has 0 spiro atoms. The topological polar surface area (TPSA) is 90.4 Å². The maximum absolute atomic E-state index is 11.2. The summed E-state index contributed by atoms with van der Waals surface area (Å²) in [6, 6.07) is 5.11. The number of ether oxygens (including phenoxy) is 1. The Bertz CT molecular complexity index is 617. The van der Waals surface area contributed by atoms with Gasteiger partial charge in [0, 0.05) is 11.1 Å². The van der Waals surface area contributed by atoms with Crippen molar-refractivity contribution in [2.45, 2.75) is 20.5 Å². The summed E-state index contributed by atoms with van der Waals surface area (Å²) in [4.78, 5) is 11.2. The number of amides is 1. The van der Waals surface area contributed by atoms with Gasteiger partial charge in [0.1, 0.15) is 12.4 Å². The van der Waals surface area contributed by atoms with Crippen molar-refractivity contribution in [3.8, 4) is 5.75 Å². The predicted octanol–water partition coefficient (Wildman–Crippen LogP) is 2.13. The van der Waals surface area contributed by atoms with Crippen LogP contribution < -0.4 is 16.0 Å². The van der Waals surface area contributed by atoms with E-state index in [4.69, 9.17) is 26.7 Å². The fourth-order valence-corrected chi connectivity index (χ4v) is 2.16. The molecule has 0 aliphatic heterocycles. The third-order valence-corrected chi connectivity index (χ3v) is 2.92. The number of nitrogens with zero attached hydrogens (tertiary/aromatic N) is 1. The molecule has 106 valence electrons. The second-order valence-electron chi connectivity index (χ2n) is 4.31. The van der Waals surface area contributed by atoms with Gasteiger partial charge in [-0.25, -0.2) is 5.84 Å². The highest BCUT2D eigenvalue weighted by molar-refractivity contribution is 6.30. The summed E-state index contributed by atoms with van der Waals surface area (Å²) < 4.78 is 10.7. The van der Waals surface area contributed by atoms with Crippen LogP contribution >= 0.6 is 11.6 Å². The molecular weight excluding hydrogens is 282 g/mol. The molecule has 6 nitrogen and oxygen atoms in total. The van der Waals surface area contributed by atoms with Crippen LogP contribution in [0.25, 0.3) is 0 Å². The number of hydrogen-bond acceptors (Lipinski definition) is 5. The molecule has 0 saturated carbocycles. The number of benzene rings is 1. The first-order valence-corrected chi connectivity index (χ1v) is 6.25. The molecule has 3 N–H and O–H groups in total. The zero-order chi connectivity index (χ0) is 14.7. The first kappa shape index (κ1) is 14.4. The van der Waals surface area contributed by atoms with Crippen LogP contribution in [0.1, 0.15) is 27.4 Å². The molecule has 0 fully saturated rings. The third kappa shape index (κ3) is 3.09. The molecule has 7 heteroatoms. The minimum atomic E-state index is -0.515. The Labute approximate surface area is 120 Å². The van der Waals surface area contributed by atoms with E-state index < -0.39 is 5.91 Å². The van der Waals surface area contributed by atoms with E-state index in [1.54, 1.807) is 0 Å². The Hall–Kier alpha value is -2.05. The van der Waals surface area contributed by atoms with E-state index in [0.29, 0.717) is 10.8 Å². The van der Waals surface area contributed by atoms with Gasteiger partial charge in [-0.1, -0.05) is 16.8 Å². The van der Waals surface area contributed by atoms with Crippen LogP contribution in [0, 0.1) is 13.8 Å². The van der Waals surface area contributed by atoms with Crippen LogP contribution in [0.15, 0.2) is 22.7 Å². The molecule has 20 heavy (non-hydrogen) atoms. The lowest BCUT2D eigenvalue weighted by Gasteiger charge is -2.11. The highest BCUT2D eigenvalue weighted by atomic mass is 35.5. The zero-order valence-electron chi connectivity index (χ0n) is 11.1. The number of nitrogens with one attached hydrogen (secondary N) is 1. The lowest BCUT2D eigenvalue weighted by Crippen LogP contribution is -2.30. The van der Waals surface area contributed by atoms with E-state index in [9.17, 15) is 4.79 Å². The molecule has 0 bridgehead atoms. The summed E-state index contributed by atoms with van der Waals surface area (Å²) in [5, 5.41) is 4.25. The molecule has 0 radical (unpaired) electrons. The maximum Gasteiger partial charge on any atom is 0.287 e. The standard InChI is InChI=1S/C13H14ClN3O3/c1-7-3-9(14)4-8(2)12(7)19-6-10-5-11(17-20-10)13(18)16-15/h3-5H,6,15H2,1-2H3,(H,16,18). The second kappa shape index (κ2) is 5.94. The Kier molecular flexibility index (Phi) is 4.26. The molecule has 1 aromatic heterocycles. The first-order chi connectivity index (χ1) is 9.51. The average Bonchev–Trinajstić information content (AvgIpc) is 2.85. The van der Waals surface area contributed by atoms with Crippen LogP contribution in [-0.2, 0) is 6.61 Å². The van der Waals surface area contributed by atoms with Gasteiger partial charge in [-0.15, -0.1) is 0 Å². The summed E-state index contributed by atoms with van der Waals surface area (Å²) >= 11 is 5.95. The molecule has 0 saturated heterocycles. The van der Waals surface area contributed by atoms with Crippen LogP contribution in [-0.4, -0.2) is 11.1 Å². The van der Waals surface area contributed by atoms with Gasteiger partial charge in [0.15, 0.2) is 11.5 Å². The van der Waals surface area contributed by atoms with Crippen molar-refractivity contribution in [3.05, 3.63) is 45.8 Å². The number of rotatable bonds is 4. The van der Waals surface area contributed by atoms with Crippen LogP contribution in [0.3, 0.4) is 0 Å². The summed E-state index contributed by atoms with van der Waals surface area (Å²) in [5.41, 5.74) is 3.93. The normalized spacial score (nSPS) is 10.4. The fourth-order valence-electron chi connectivity index (χ4n) is 1.83. The van der Waals surface area contributed by atoms with E-state index in [-0.39, 0.29) is 12.3 Å². The molecule has 1 aromatic carbocycles. The smallest absolute Gasteiger partial charge is 0.287 e. The van der Waals surface area contributed by atoms with E-state index in [1.807, 2.05) is 31.4 Å². The number of aryl methyl sites for hydroxylation is 2. The van der Waals surface area contributed by atoms with Crippen molar-refractivity contribution in [2.24, 2.45) is 5.84 Å². The van der Waals surface area contributed by atoms with Gasteiger partial charge >= 0.3 is 0 Å². The molecule has 0 atom stereocenters. The lowest BCUT2D eigenvalue weighted by atomic mass is 10.1. The highest BCUT2D eigenvalue weighted by Crippen LogP contribution is 2.27. The molecule has 2 aromatic rings. The molecular formula is C13H14ClN3O3. The van der Waals surface area contributed by atoms with Crippen LogP contribution in [0.4, 0.5) is 0 Å². The van der Waals surface area contributed by atoms with Crippen molar-refractivity contribution in [3.63, 3.8) is 0 Å². The maximum atomic E-state index is 11.2. The van der Waals surface area contributed by atoms with Gasteiger partial charge in [0.2, 0.25) is 0 Å². The van der Waals surface area contributed by atoms with Gasteiger partial charge in [-0.3, -0.25) is 10.2 Å². The van der Waals surface area contributed by atoms with Crippen molar-refractivity contribution in [1.29, 1.82) is 0 Å². The summed E-state index contributed by atoms with van der Waals surface area (Å²) in [6.45, 7) is 3.97. The summed E-state index contributed by atoms with van der Waals surface area (Å²) in [6.07, 6.45) is 0. The number of carbonyl (C=O) groups is 1. The molecule has 2 rings (SSSR count). The number of nitrogens with two attached hydrogens (primary N) is 1. The van der Waals surface area contributed by atoms with Crippen LogP contribution in [0.5, 0.6) is 5.75 Å². The molecule has 1 heterocycles. The number of hydrazine groups is 1. The lowest BCUT2D eigenvalue weighted by molar-refractivity contribution is 0.0944. The van der Waals surface area contributed by atoms with E-state index in [1.165, 1.54) is 6.07 Å². The van der Waals surface area contributed by atoms with Gasteiger partial charge in [-0.2, -0.15) is 0 Å². The summed E-state index contributed by atoms with van der Waals surface area (Å²) in [5.74, 6) is 5.65. The first-order valence-electron chi connectivity index (χ1n) is 5.87. The Morgan fingerprint density at radius 1 is 1.40 bits per heavy atom. The van der Waals surface area contributed by atoms with E-state index in [2.05, 4.69) is 5.16 Å². The molecule has 1 amide bonds. The number of halogens is 1. The van der Waals surface area contributed by atoms with Crippen molar-refractivity contribution in [2.75, 3.05) is 0 Å². The van der Waals surface area contributed by atoms with Gasteiger partial charge in [0.05, 0.1) is 0 Å².